The number of hydrogen-bond donors (Lipinski definition) is 2. The number of aliphatic hydroxyl groups excluding tert-OH is 1. The van der Waals surface area contributed by atoms with E-state index in [1.54, 1.807) is 25.1 Å². The second-order valence-corrected chi connectivity index (χ2v) is 3.47. The minimum Gasteiger partial charge on any atom is -0.512 e. The van der Waals surface area contributed by atoms with Crippen molar-refractivity contribution in [1.82, 2.24) is 0 Å². The Morgan fingerprint density at radius 2 is 2.11 bits per heavy atom. The Hall–Kier alpha value is -2.30. The van der Waals surface area contributed by atoms with Gasteiger partial charge in [-0.3, -0.25) is 4.99 Å². The monoisotopic (exact) mass is 249 g/mol. The zero-order valence-corrected chi connectivity index (χ0v) is 10.3. The van der Waals surface area contributed by atoms with Gasteiger partial charge >= 0.3 is 5.97 Å². The van der Waals surface area contributed by atoms with Crippen LogP contribution in [-0.2, 0) is 9.53 Å². The van der Waals surface area contributed by atoms with E-state index in [1.807, 2.05) is 0 Å². The van der Waals surface area contributed by atoms with E-state index in [0.717, 1.165) is 0 Å². The van der Waals surface area contributed by atoms with E-state index in [4.69, 9.17) is 4.74 Å². The zero-order valence-electron chi connectivity index (χ0n) is 10.3. The summed E-state index contributed by atoms with van der Waals surface area (Å²) in [6, 6.07) is 6.42. The number of rotatable bonds is 4. The number of nitrogens with zero attached hydrogens (tertiary/aromatic N) is 1. The molecule has 0 bridgehead atoms. The van der Waals surface area contributed by atoms with Gasteiger partial charge in [0.05, 0.1) is 6.61 Å². The topological polar surface area (TPSA) is 79.1 Å². The number of para-hydroxylation sites is 2. The molecule has 0 aromatic heterocycles. The van der Waals surface area contributed by atoms with Crippen molar-refractivity contribution in [2.45, 2.75) is 13.8 Å². The van der Waals surface area contributed by atoms with Gasteiger partial charge < -0.3 is 14.9 Å². The summed E-state index contributed by atoms with van der Waals surface area (Å²) in [4.78, 5) is 15.4. The van der Waals surface area contributed by atoms with Crippen LogP contribution in [0.1, 0.15) is 13.8 Å². The van der Waals surface area contributed by atoms with E-state index in [9.17, 15) is 15.0 Å². The molecule has 96 valence electrons. The van der Waals surface area contributed by atoms with E-state index in [2.05, 4.69) is 4.99 Å². The van der Waals surface area contributed by atoms with Gasteiger partial charge in [-0.2, -0.15) is 0 Å². The third kappa shape index (κ3) is 3.62. The third-order valence-electron chi connectivity index (χ3n) is 2.10. The fourth-order valence-electron chi connectivity index (χ4n) is 1.21. The molecule has 0 spiro atoms. The molecule has 5 heteroatoms. The molecule has 0 fully saturated rings. The van der Waals surface area contributed by atoms with Gasteiger partial charge in [-0.1, -0.05) is 12.1 Å². The Balaban J connectivity index is 2.96. The van der Waals surface area contributed by atoms with Crippen LogP contribution in [0, 0.1) is 0 Å². The van der Waals surface area contributed by atoms with E-state index >= 15 is 0 Å². The van der Waals surface area contributed by atoms with Gasteiger partial charge in [-0.05, 0) is 26.0 Å². The molecule has 2 N–H and O–H groups in total. The lowest BCUT2D eigenvalue weighted by atomic mass is 10.2. The molecule has 0 atom stereocenters. The molecular weight excluding hydrogens is 234 g/mol. The Bertz CT molecular complexity index is 488. The lowest BCUT2D eigenvalue weighted by Crippen LogP contribution is -2.10. The molecule has 0 unspecified atom stereocenters. The van der Waals surface area contributed by atoms with Crippen LogP contribution < -0.4 is 0 Å². The van der Waals surface area contributed by atoms with Crippen LogP contribution in [-0.4, -0.2) is 29.0 Å². The molecule has 0 aliphatic heterocycles. The summed E-state index contributed by atoms with van der Waals surface area (Å²) in [5, 5.41) is 18.9. The maximum atomic E-state index is 11.5. The summed E-state index contributed by atoms with van der Waals surface area (Å²) in [5.74, 6) is -0.850. The number of phenolic OH excluding ortho intramolecular Hbond substituents is 1. The van der Waals surface area contributed by atoms with Crippen LogP contribution in [0.25, 0.3) is 0 Å². The number of ether oxygens (including phenoxy) is 1. The highest BCUT2D eigenvalue weighted by molar-refractivity contribution is 6.10. The Morgan fingerprint density at radius 1 is 1.44 bits per heavy atom. The summed E-state index contributed by atoms with van der Waals surface area (Å²) >= 11 is 0. The van der Waals surface area contributed by atoms with Crippen molar-refractivity contribution in [3.63, 3.8) is 0 Å². The van der Waals surface area contributed by atoms with Crippen LogP contribution in [0.4, 0.5) is 5.69 Å². The number of esters is 1. The minimum atomic E-state index is -0.656. The van der Waals surface area contributed by atoms with Gasteiger partial charge in [0.2, 0.25) is 0 Å². The number of carbonyl (C=O) groups excluding carboxylic acids is 1. The average Bonchev–Trinajstić information content (AvgIpc) is 2.31. The van der Waals surface area contributed by atoms with Gasteiger partial charge in [0.1, 0.15) is 22.8 Å². The lowest BCUT2D eigenvalue weighted by Gasteiger charge is -2.03. The van der Waals surface area contributed by atoms with Crippen LogP contribution >= 0.6 is 0 Å². The van der Waals surface area contributed by atoms with Gasteiger partial charge in [-0.25, -0.2) is 4.79 Å². The first-order valence-electron chi connectivity index (χ1n) is 5.45. The summed E-state index contributed by atoms with van der Waals surface area (Å²) in [5.41, 5.74) is 0.264. The van der Waals surface area contributed by atoms with Gasteiger partial charge in [0, 0.05) is 6.21 Å². The predicted octanol–water partition coefficient (Wildman–Crippen LogP) is 2.49. The number of hydrogen-bond acceptors (Lipinski definition) is 5. The Kier molecular flexibility index (Phi) is 4.92. The molecule has 1 rings (SSSR count). The largest absolute Gasteiger partial charge is 0.512 e. The average molecular weight is 249 g/mol. The van der Waals surface area contributed by atoms with E-state index in [0.29, 0.717) is 5.69 Å². The first-order chi connectivity index (χ1) is 8.56. The molecule has 5 nitrogen and oxygen atoms in total. The fraction of sp³-hybridized carbons (Fsp3) is 0.231. The molecule has 1 aromatic rings. The van der Waals surface area contributed by atoms with Gasteiger partial charge in [-0.15, -0.1) is 0 Å². The molecule has 0 saturated heterocycles. The minimum absolute atomic E-state index is 0.00690. The first-order valence-corrected chi connectivity index (χ1v) is 5.45. The molecule has 0 saturated carbocycles. The van der Waals surface area contributed by atoms with Crippen molar-refractivity contribution in [2.75, 3.05) is 6.61 Å². The zero-order chi connectivity index (χ0) is 13.5. The molecule has 1 aromatic carbocycles. The molecule has 0 aliphatic carbocycles. The SMILES string of the molecule is CCOC(=O)/C(C=Nc1ccccc1O)=C(/C)O. The van der Waals surface area contributed by atoms with Crippen molar-refractivity contribution in [1.29, 1.82) is 0 Å². The van der Waals surface area contributed by atoms with Crippen LogP contribution in [0.3, 0.4) is 0 Å². The van der Waals surface area contributed by atoms with Crippen LogP contribution in [0.15, 0.2) is 40.6 Å². The maximum Gasteiger partial charge on any atom is 0.343 e. The molecule has 0 radical (unpaired) electrons. The summed E-state index contributed by atoms with van der Waals surface area (Å²) in [6.45, 7) is 3.24. The number of aliphatic hydroxyl groups is 1. The van der Waals surface area contributed by atoms with Crippen molar-refractivity contribution in [3.05, 3.63) is 35.6 Å². The number of aliphatic imine (C=N–C) groups is 1. The van der Waals surface area contributed by atoms with E-state index < -0.39 is 5.97 Å². The van der Waals surface area contributed by atoms with Crippen molar-refractivity contribution >= 4 is 17.9 Å². The predicted molar refractivity (Wildman–Crippen MR) is 68.2 cm³/mol. The Labute approximate surface area is 105 Å². The molecule has 0 aliphatic rings. The molecular formula is C13H15NO4. The highest BCUT2D eigenvalue weighted by Gasteiger charge is 2.12. The van der Waals surface area contributed by atoms with Crippen molar-refractivity contribution in [2.24, 2.45) is 4.99 Å². The van der Waals surface area contributed by atoms with Crippen molar-refractivity contribution in [3.8, 4) is 5.75 Å². The second-order valence-electron chi connectivity index (χ2n) is 3.47. The lowest BCUT2D eigenvalue weighted by molar-refractivity contribution is -0.138. The standard InChI is InChI=1S/C13H15NO4/c1-3-18-13(17)10(9(2)15)8-14-11-6-4-5-7-12(11)16/h4-8,15-16H,3H2,1-2H3/b10-9-,14-8?. The third-order valence-corrected chi connectivity index (χ3v) is 2.10. The number of allylic oxidation sites excluding steroid dienone is 1. The Morgan fingerprint density at radius 3 is 2.67 bits per heavy atom. The van der Waals surface area contributed by atoms with Crippen LogP contribution in [0.5, 0.6) is 5.75 Å². The molecule has 0 heterocycles. The normalized spacial score (nSPS) is 12.3. The molecule has 0 amide bonds. The number of benzene rings is 1. The van der Waals surface area contributed by atoms with E-state index in [1.165, 1.54) is 19.2 Å². The highest BCUT2D eigenvalue weighted by Crippen LogP contribution is 2.24. The highest BCUT2D eigenvalue weighted by atomic mass is 16.5. The summed E-state index contributed by atoms with van der Waals surface area (Å²) in [7, 11) is 0. The summed E-state index contributed by atoms with van der Waals surface area (Å²) < 4.78 is 4.77. The van der Waals surface area contributed by atoms with Crippen LogP contribution in [0.2, 0.25) is 0 Å². The quantitative estimate of drug-likeness (QED) is 0.372. The number of aromatic hydroxyl groups is 1. The maximum absolute atomic E-state index is 11.5. The number of carbonyl (C=O) groups is 1. The second kappa shape index (κ2) is 6.44. The smallest absolute Gasteiger partial charge is 0.343 e. The van der Waals surface area contributed by atoms with E-state index in [-0.39, 0.29) is 23.7 Å². The van der Waals surface area contributed by atoms with Crippen molar-refractivity contribution < 1.29 is 19.7 Å². The number of phenols is 1. The molecule has 18 heavy (non-hydrogen) atoms. The first kappa shape index (κ1) is 13.8. The van der Waals surface area contributed by atoms with Gasteiger partial charge in [0.15, 0.2) is 0 Å². The summed E-state index contributed by atoms with van der Waals surface area (Å²) in [6.07, 6.45) is 1.17. The fourth-order valence-corrected chi connectivity index (χ4v) is 1.21. The van der Waals surface area contributed by atoms with Gasteiger partial charge in [0.25, 0.3) is 0 Å².